The van der Waals surface area contributed by atoms with E-state index in [9.17, 15) is 0 Å². The highest BCUT2D eigenvalue weighted by Crippen LogP contribution is 2.55. The molecule has 2 aromatic heterocycles. The van der Waals surface area contributed by atoms with Crippen LogP contribution in [0, 0.1) is 20.8 Å². The van der Waals surface area contributed by atoms with Crippen molar-refractivity contribution in [3.63, 3.8) is 0 Å². The van der Waals surface area contributed by atoms with E-state index < -0.39 is 5.85 Å². The van der Waals surface area contributed by atoms with E-state index in [0.717, 1.165) is 50.7 Å². The van der Waals surface area contributed by atoms with Crippen LogP contribution in [0.2, 0.25) is 0 Å². The molecule has 4 nitrogen and oxygen atoms in total. The van der Waals surface area contributed by atoms with Crippen molar-refractivity contribution in [3.8, 4) is 89.7 Å². The molecule has 0 fully saturated rings. The Morgan fingerprint density at radius 1 is 0.457 bits per heavy atom. The lowest BCUT2D eigenvalue weighted by atomic mass is 9.85. The van der Waals surface area contributed by atoms with E-state index in [4.69, 9.17) is 4.74 Å². The van der Waals surface area contributed by atoms with Gasteiger partial charge in [0.15, 0.2) is 23.0 Å². The minimum atomic E-state index is -1.09. The number of aryl methyl sites for hydroxylation is 3. The Morgan fingerprint density at radius 3 is 1.74 bits per heavy atom. The van der Waals surface area contributed by atoms with Crippen molar-refractivity contribution in [2.45, 2.75) is 79.0 Å². The summed E-state index contributed by atoms with van der Waals surface area (Å²) in [6, 6.07) is 66.1. The fourth-order valence-corrected chi connectivity index (χ4v) is 11.9. The summed E-state index contributed by atoms with van der Waals surface area (Å²) < 4.78 is 15.5. The SMILES string of the molecule is Cc1cc(C)c2c(c1)-c1n(-c3cc(-c4ccccc4)c(C)cc3-c3ccc(C(C)(C)C)cc3)c3cccc4c3[n+]1C1(O2)c2c-4cc(-c3ccccc3)cc2-c2cc(-c3ccc(C(C)(C)C)cc3)cc[n+]21. The van der Waals surface area contributed by atoms with Crippen LogP contribution in [0.4, 0.5) is 0 Å². The number of para-hydroxylation sites is 1. The van der Waals surface area contributed by atoms with Gasteiger partial charge in [-0.3, -0.25) is 0 Å². The largest absolute Gasteiger partial charge is 0.499 e. The van der Waals surface area contributed by atoms with Crippen LogP contribution >= 0.6 is 0 Å². The van der Waals surface area contributed by atoms with E-state index in [1.807, 2.05) is 0 Å². The third-order valence-corrected chi connectivity index (χ3v) is 15.3. The molecular weight excluding hydrogens is 851 g/mol. The maximum Gasteiger partial charge on any atom is 0.499 e. The van der Waals surface area contributed by atoms with Crippen LogP contribution < -0.4 is 13.9 Å². The Bertz CT molecular complexity index is 3810. The maximum absolute atomic E-state index is 7.97. The number of hydrogen-bond acceptors (Lipinski definition) is 1. The zero-order valence-electron chi connectivity index (χ0n) is 41.6. The first-order chi connectivity index (χ1) is 33.7. The highest BCUT2D eigenvalue weighted by molar-refractivity contribution is 6.00. The number of aromatic nitrogens is 3. The van der Waals surface area contributed by atoms with Crippen molar-refractivity contribution >= 4 is 11.0 Å². The molecule has 0 bridgehead atoms. The van der Waals surface area contributed by atoms with Crippen LogP contribution in [-0.2, 0) is 16.7 Å². The topological polar surface area (TPSA) is 21.9 Å². The Hall–Kier alpha value is -7.82. The summed E-state index contributed by atoms with van der Waals surface area (Å²) >= 11 is 0. The summed E-state index contributed by atoms with van der Waals surface area (Å²) in [5, 5.41) is 0. The van der Waals surface area contributed by atoms with E-state index >= 15 is 0 Å². The van der Waals surface area contributed by atoms with Crippen molar-refractivity contribution < 1.29 is 13.9 Å². The number of fused-ring (bicyclic) bond motifs is 5. The predicted octanol–water partition coefficient (Wildman–Crippen LogP) is 15.6. The van der Waals surface area contributed by atoms with Gasteiger partial charge in [-0.1, -0.05) is 163 Å². The quantitative estimate of drug-likeness (QED) is 0.158. The number of pyridine rings is 1. The maximum atomic E-state index is 7.97. The molecule has 0 saturated carbocycles. The number of ether oxygens (including phenoxy) is 1. The number of rotatable bonds is 5. The van der Waals surface area contributed by atoms with Gasteiger partial charge in [-0.2, -0.15) is 4.57 Å². The van der Waals surface area contributed by atoms with Gasteiger partial charge < -0.3 is 4.74 Å². The predicted molar refractivity (Wildman–Crippen MR) is 286 cm³/mol. The normalized spacial score (nSPS) is 15.1. The molecular formula is C66H57N3O+2. The monoisotopic (exact) mass is 907 g/mol. The highest BCUT2D eigenvalue weighted by atomic mass is 16.5. The lowest BCUT2D eigenvalue weighted by Crippen LogP contribution is -2.78. The van der Waals surface area contributed by atoms with Crippen LogP contribution in [0.5, 0.6) is 5.75 Å². The molecule has 1 atom stereocenters. The van der Waals surface area contributed by atoms with Crippen molar-refractivity contribution in [1.82, 2.24) is 4.57 Å². The number of nitrogens with zero attached hydrogens (tertiary/aromatic N) is 3. The van der Waals surface area contributed by atoms with Gasteiger partial charge in [0.25, 0.3) is 0 Å². The van der Waals surface area contributed by atoms with E-state index in [0.29, 0.717) is 0 Å². The average molecular weight is 908 g/mol. The molecule has 10 aromatic rings. The molecule has 3 aliphatic heterocycles. The molecule has 13 rings (SSSR count). The fourth-order valence-electron chi connectivity index (χ4n) is 11.9. The Labute approximate surface area is 411 Å². The van der Waals surface area contributed by atoms with Gasteiger partial charge in [-0.25, -0.2) is 0 Å². The number of hydrogen-bond donors (Lipinski definition) is 0. The first-order valence-corrected chi connectivity index (χ1v) is 24.8. The van der Waals surface area contributed by atoms with Crippen LogP contribution in [0.1, 0.15) is 74.9 Å². The van der Waals surface area contributed by atoms with Gasteiger partial charge in [0.2, 0.25) is 5.69 Å². The second-order valence-corrected chi connectivity index (χ2v) is 22.0. The first kappa shape index (κ1) is 42.3. The molecule has 0 amide bonds. The summed E-state index contributed by atoms with van der Waals surface area (Å²) in [6.07, 6.45) is 2.29. The average Bonchev–Trinajstić information content (AvgIpc) is 3.85. The zero-order chi connectivity index (χ0) is 48.0. The van der Waals surface area contributed by atoms with Crippen molar-refractivity contribution in [1.29, 1.82) is 0 Å². The van der Waals surface area contributed by atoms with Crippen molar-refractivity contribution in [2.75, 3.05) is 0 Å². The van der Waals surface area contributed by atoms with Gasteiger partial charge in [0, 0.05) is 28.8 Å². The van der Waals surface area contributed by atoms with E-state index in [1.165, 1.54) is 83.5 Å². The lowest BCUT2D eigenvalue weighted by Gasteiger charge is -2.33. The van der Waals surface area contributed by atoms with Gasteiger partial charge >= 0.3 is 11.7 Å². The number of imidazole rings is 1. The molecule has 3 aliphatic rings. The summed E-state index contributed by atoms with van der Waals surface area (Å²) in [4.78, 5) is 0. The molecule has 8 aromatic carbocycles. The van der Waals surface area contributed by atoms with E-state index in [2.05, 4.69) is 258 Å². The smallest absolute Gasteiger partial charge is 0.392 e. The number of benzene rings is 8. The molecule has 0 aliphatic carbocycles. The van der Waals surface area contributed by atoms with Gasteiger partial charge in [0.05, 0.1) is 5.56 Å². The molecule has 0 radical (unpaired) electrons. The Kier molecular flexibility index (Phi) is 8.97. The van der Waals surface area contributed by atoms with Crippen LogP contribution in [0.15, 0.2) is 182 Å². The highest BCUT2D eigenvalue weighted by Gasteiger charge is 2.68. The van der Waals surface area contributed by atoms with Crippen LogP contribution in [0.3, 0.4) is 0 Å². The molecule has 340 valence electrons. The summed E-state index contributed by atoms with van der Waals surface area (Å²) in [5.41, 5.74) is 26.1. The second-order valence-electron chi connectivity index (χ2n) is 22.0. The van der Waals surface area contributed by atoms with Crippen LogP contribution in [-0.4, -0.2) is 4.57 Å². The van der Waals surface area contributed by atoms with Crippen molar-refractivity contribution in [2.24, 2.45) is 0 Å². The minimum Gasteiger partial charge on any atom is -0.392 e. The summed E-state index contributed by atoms with van der Waals surface area (Å²) in [6.45, 7) is 20.4. The first-order valence-electron chi connectivity index (χ1n) is 24.8. The Balaban J connectivity index is 1.17. The third-order valence-electron chi connectivity index (χ3n) is 15.3. The Morgan fingerprint density at radius 2 is 1.07 bits per heavy atom. The standard InChI is InChI=1S/C66H57N3O/c1-40-33-42(3)62-56(34-40)63-68(59-39-52(45-19-14-11-15-20-45)41(2)35-53(59)46-25-29-50(30-26-46)65(7,8)9)57-22-16-21-51-54-36-48(43-17-12-10-13-18-43)37-55-58-38-47(44-23-27-49(28-24-44)64(4,5)6)31-32-67(58)66(70-62,60(54)55)69(63)61(51)57/h10-39H,1-9H3/q+2. The molecule has 5 heterocycles. The molecule has 1 spiro atoms. The molecule has 0 N–H and O–H groups in total. The van der Waals surface area contributed by atoms with Gasteiger partial charge in [-0.05, 0) is 141 Å². The molecule has 4 heteroatoms. The molecule has 1 unspecified atom stereocenters. The minimum absolute atomic E-state index is 0.0291. The molecule has 0 saturated heterocycles. The zero-order valence-corrected chi connectivity index (χ0v) is 41.6. The van der Waals surface area contributed by atoms with Gasteiger partial charge in [-0.15, -0.1) is 9.13 Å². The van der Waals surface area contributed by atoms with E-state index in [1.54, 1.807) is 0 Å². The van der Waals surface area contributed by atoms with Crippen molar-refractivity contribution in [3.05, 3.63) is 216 Å². The lowest BCUT2D eigenvalue weighted by molar-refractivity contribution is -0.997. The second kappa shape index (κ2) is 14.8. The van der Waals surface area contributed by atoms with E-state index in [-0.39, 0.29) is 10.8 Å². The summed E-state index contributed by atoms with van der Waals surface area (Å²) in [7, 11) is 0. The fraction of sp³-hybridized carbons (Fsp3) is 0.182. The van der Waals surface area contributed by atoms with Gasteiger partial charge in [0.1, 0.15) is 16.8 Å². The van der Waals surface area contributed by atoms with Crippen LogP contribution in [0.25, 0.3) is 95.0 Å². The third kappa shape index (κ3) is 6.08. The summed E-state index contributed by atoms with van der Waals surface area (Å²) in [5.74, 6) is 0.901. The molecule has 70 heavy (non-hydrogen) atoms.